The summed E-state index contributed by atoms with van der Waals surface area (Å²) in [6.07, 6.45) is 41.8. The second kappa shape index (κ2) is 55.0. The number of hydrogen-bond acceptors (Lipinski definition) is 11. The van der Waals surface area contributed by atoms with Crippen molar-refractivity contribution in [2.24, 2.45) is 0 Å². The van der Waals surface area contributed by atoms with E-state index in [2.05, 4.69) is 27.7 Å². The second-order valence-electron chi connectivity index (χ2n) is 19.5. The maximum atomic E-state index is 13.1. The first-order valence-corrected chi connectivity index (χ1v) is 29.2. The van der Waals surface area contributed by atoms with Crippen molar-refractivity contribution in [1.82, 2.24) is 4.90 Å². The van der Waals surface area contributed by atoms with Crippen molar-refractivity contribution in [2.75, 3.05) is 65.9 Å². The Morgan fingerprint density at radius 2 is 0.618 bits per heavy atom. The van der Waals surface area contributed by atoms with Crippen LogP contribution in [0.3, 0.4) is 0 Å². The van der Waals surface area contributed by atoms with E-state index in [1.807, 2.05) is 4.90 Å². The highest BCUT2D eigenvalue weighted by atomic mass is 16.7. The van der Waals surface area contributed by atoms with E-state index in [1.54, 1.807) is 0 Å². The summed E-state index contributed by atoms with van der Waals surface area (Å²) in [6, 6.07) is -0.502. The van der Waals surface area contributed by atoms with Crippen molar-refractivity contribution in [1.29, 1.82) is 0 Å². The molecule has 406 valence electrons. The van der Waals surface area contributed by atoms with Crippen LogP contribution in [0.5, 0.6) is 0 Å². The minimum atomic E-state index is -0.502. The Morgan fingerprint density at radius 1 is 0.368 bits per heavy atom. The molecule has 2 N–H and O–H groups in total. The first kappa shape index (κ1) is 66.7. The Bertz CT molecular complexity index is 901. The van der Waals surface area contributed by atoms with Crippen LogP contribution in [0.1, 0.15) is 272 Å². The van der Waals surface area contributed by atoms with Crippen molar-refractivity contribution in [3.63, 3.8) is 0 Å². The van der Waals surface area contributed by atoms with Gasteiger partial charge in [-0.2, -0.15) is 0 Å². The second-order valence-corrected chi connectivity index (χ2v) is 19.5. The van der Waals surface area contributed by atoms with E-state index < -0.39 is 6.04 Å². The molecule has 0 saturated heterocycles. The van der Waals surface area contributed by atoms with Crippen LogP contribution in [0.4, 0.5) is 0 Å². The van der Waals surface area contributed by atoms with E-state index in [-0.39, 0.29) is 76.9 Å². The summed E-state index contributed by atoms with van der Waals surface area (Å²) in [5.41, 5.74) is 0. The summed E-state index contributed by atoms with van der Waals surface area (Å²) in [5, 5.41) is 19.6. The van der Waals surface area contributed by atoms with E-state index in [0.29, 0.717) is 52.1 Å². The fourth-order valence-corrected chi connectivity index (χ4v) is 8.57. The van der Waals surface area contributed by atoms with Crippen molar-refractivity contribution in [3.8, 4) is 0 Å². The van der Waals surface area contributed by atoms with Crippen LogP contribution in [0.15, 0.2) is 0 Å². The third-order valence-corrected chi connectivity index (χ3v) is 13.0. The Balaban J connectivity index is 5.04. The quantitative estimate of drug-likeness (QED) is 0.0343. The van der Waals surface area contributed by atoms with Crippen molar-refractivity contribution in [3.05, 3.63) is 0 Å². The molecular formula is C57H113NO10. The molecule has 0 rings (SSSR count). The zero-order valence-corrected chi connectivity index (χ0v) is 45.3. The van der Waals surface area contributed by atoms with Gasteiger partial charge in [-0.05, 0) is 51.4 Å². The molecule has 68 heavy (non-hydrogen) atoms. The largest absolute Gasteiger partial charge is 0.464 e. The number of unbranched alkanes of at least 4 members (excludes halogenated alkanes) is 28. The van der Waals surface area contributed by atoms with Gasteiger partial charge >= 0.3 is 11.9 Å². The van der Waals surface area contributed by atoms with Crippen LogP contribution < -0.4 is 0 Å². The fraction of sp³-hybridized carbons (Fsp3) is 0.965. The SMILES string of the molecule is CCCCCCCCCCOC(CCCC(=O)OCC(COC(=O)CCCC(OCCCCCCCCCC)OCCCCCCCCCC)N(CCO)CCO)OCCCCCCCCCC. The van der Waals surface area contributed by atoms with Crippen molar-refractivity contribution in [2.45, 2.75) is 290 Å². The van der Waals surface area contributed by atoms with Crippen LogP contribution in [0.2, 0.25) is 0 Å². The van der Waals surface area contributed by atoms with Gasteiger partial charge in [-0.15, -0.1) is 0 Å². The number of ether oxygens (including phenoxy) is 6. The zero-order chi connectivity index (χ0) is 49.6. The highest BCUT2D eigenvalue weighted by molar-refractivity contribution is 5.69. The lowest BCUT2D eigenvalue weighted by atomic mass is 10.1. The molecule has 0 heterocycles. The monoisotopic (exact) mass is 972 g/mol. The summed E-state index contributed by atoms with van der Waals surface area (Å²) in [6.45, 7) is 11.8. The molecule has 0 fully saturated rings. The topological polar surface area (TPSA) is 133 Å². The Hall–Kier alpha value is -1.34. The highest BCUT2D eigenvalue weighted by Gasteiger charge is 2.23. The van der Waals surface area contributed by atoms with E-state index in [4.69, 9.17) is 28.4 Å². The van der Waals surface area contributed by atoms with Crippen LogP contribution >= 0.6 is 0 Å². The molecule has 0 aliphatic carbocycles. The minimum absolute atomic E-state index is 0.0132. The number of carbonyl (C=O) groups excluding carboxylic acids is 2. The van der Waals surface area contributed by atoms with Crippen LogP contribution in [0.25, 0.3) is 0 Å². The molecule has 0 aromatic heterocycles. The Kier molecular flexibility index (Phi) is 53.9. The molecular weight excluding hydrogens is 859 g/mol. The predicted octanol–water partition coefficient (Wildman–Crippen LogP) is 14.3. The summed E-state index contributed by atoms with van der Waals surface area (Å²) in [5.74, 6) is -0.687. The number of esters is 2. The molecule has 0 spiro atoms. The van der Waals surface area contributed by atoms with Crippen molar-refractivity contribution < 1.29 is 48.2 Å². The van der Waals surface area contributed by atoms with Gasteiger partial charge in [-0.25, -0.2) is 0 Å². The van der Waals surface area contributed by atoms with E-state index in [9.17, 15) is 19.8 Å². The van der Waals surface area contributed by atoms with Crippen molar-refractivity contribution >= 4 is 11.9 Å². The highest BCUT2D eigenvalue weighted by Crippen LogP contribution is 2.17. The summed E-state index contributed by atoms with van der Waals surface area (Å²) < 4.78 is 36.3. The van der Waals surface area contributed by atoms with Gasteiger partial charge in [-0.1, -0.05) is 207 Å². The lowest BCUT2D eigenvalue weighted by Crippen LogP contribution is -2.45. The van der Waals surface area contributed by atoms with Gasteiger partial charge in [0, 0.05) is 52.4 Å². The van der Waals surface area contributed by atoms with Crippen LogP contribution in [-0.2, 0) is 38.0 Å². The third-order valence-electron chi connectivity index (χ3n) is 13.0. The van der Waals surface area contributed by atoms with E-state index >= 15 is 0 Å². The van der Waals surface area contributed by atoms with Crippen LogP contribution in [-0.4, -0.2) is 112 Å². The van der Waals surface area contributed by atoms with E-state index in [1.165, 1.54) is 154 Å². The van der Waals surface area contributed by atoms with Gasteiger partial charge in [0.2, 0.25) is 0 Å². The summed E-state index contributed by atoms with van der Waals surface area (Å²) in [7, 11) is 0. The molecule has 11 heteroatoms. The molecule has 0 radical (unpaired) electrons. The Labute approximate surface area is 420 Å². The maximum Gasteiger partial charge on any atom is 0.305 e. The number of hydrogen-bond donors (Lipinski definition) is 2. The smallest absolute Gasteiger partial charge is 0.305 e. The average molecular weight is 973 g/mol. The Morgan fingerprint density at radius 3 is 0.868 bits per heavy atom. The molecule has 0 aliphatic heterocycles. The first-order valence-electron chi connectivity index (χ1n) is 29.2. The molecule has 0 saturated carbocycles. The predicted molar refractivity (Wildman–Crippen MR) is 281 cm³/mol. The third kappa shape index (κ3) is 47.0. The van der Waals surface area contributed by atoms with E-state index in [0.717, 1.165) is 51.4 Å². The van der Waals surface area contributed by atoms with Crippen LogP contribution in [0, 0.1) is 0 Å². The molecule has 11 nitrogen and oxygen atoms in total. The molecule has 0 bridgehead atoms. The summed E-state index contributed by atoms with van der Waals surface area (Å²) >= 11 is 0. The zero-order valence-electron chi connectivity index (χ0n) is 45.3. The molecule has 0 atom stereocenters. The fourth-order valence-electron chi connectivity index (χ4n) is 8.57. The normalized spacial score (nSPS) is 11.9. The van der Waals surface area contributed by atoms with Gasteiger partial charge in [0.15, 0.2) is 12.6 Å². The van der Waals surface area contributed by atoms with Gasteiger partial charge < -0.3 is 38.6 Å². The number of aliphatic hydroxyl groups excluding tert-OH is 2. The molecule has 0 aromatic carbocycles. The lowest BCUT2D eigenvalue weighted by Gasteiger charge is -2.30. The van der Waals surface area contributed by atoms with Gasteiger partial charge in [0.05, 0.1) is 19.3 Å². The number of aliphatic hydroxyl groups is 2. The maximum absolute atomic E-state index is 13.1. The number of carbonyl (C=O) groups is 2. The lowest BCUT2D eigenvalue weighted by molar-refractivity contribution is -0.154. The molecule has 0 aromatic rings. The standard InChI is InChI=1S/C57H113NO10/c1-5-9-13-17-21-25-29-33-47-63-56(64-48-34-30-26-22-18-14-10-6-2)41-37-39-54(61)67-51-53(58(43-45-59)44-46-60)52-68-55(62)40-38-42-57(65-49-35-31-27-23-19-15-11-7-3)66-50-36-32-28-24-20-16-12-8-4/h53,56-57,59-60H,5-52H2,1-4H3. The average Bonchev–Trinajstić information content (AvgIpc) is 3.33. The summed E-state index contributed by atoms with van der Waals surface area (Å²) in [4.78, 5) is 27.9. The first-order chi connectivity index (χ1) is 33.4. The van der Waals surface area contributed by atoms with Gasteiger partial charge in [0.25, 0.3) is 0 Å². The van der Waals surface area contributed by atoms with Gasteiger partial charge in [-0.3, -0.25) is 14.5 Å². The minimum Gasteiger partial charge on any atom is -0.464 e. The molecule has 0 unspecified atom stereocenters. The number of nitrogens with zero attached hydrogens (tertiary/aromatic N) is 1. The molecule has 0 amide bonds. The number of rotatable bonds is 57. The molecule has 0 aliphatic rings. The van der Waals surface area contributed by atoms with Gasteiger partial charge in [0.1, 0.15) is 13.2 Å².